The van der Waals surface area contributed by atoms with Crippen LogP contribution in [0.4, 0.5) is 4.79 Å². The number of rotatable bonds is 0. The number of carbonyl (C=O) groups excluding carboxylic acids is 1. The molecule has 0 aromatic rings. The third-order valence-corrected chi connectivity index (χ3v) is 0. The zero-order chi connectivity index (χ0) is 3.58. The van der Waals surface area contributed by atoms with Gasteiger partial charge in [-0.25, -0.2) is 0 Å². The van der Waals surface area contributed by atoms with Gasteiger partial charge in [-0.3, -0.25) is 4.79 Å². The summed E-state index contributed by atoms with van der Waals surface area (Å²) in [6, 6.07) is 0. The first-order chi connectivity index (χ1) is 1.73. The van der Waals surface area contributed by atoms with Gasteiger partial charge >= 0.3 is 7.55 Å². The van der Waals surface area contributed by atoms with E-state index in [2.05, 4.69) is 23.2 Å². The third kappa shape index (κ3) is 56.3. The summed E-state index contributed by atoms with van der Waals surface area (Å²) in [6.07, 6.45) is 0. The second-order valence-electron chi connectivity index (χ2n) is 0.226. The molecule has 0 heterocycles. The van der Waals surface area contributed by atoms with Gasteiger partial charge in [-0.15, -0.1) is 0 Å². The molecule has 0 radical (unpaired) electrons. The standard InChI is InChI=1S/CCl2O/c2-1(3)4/p+2. The largest absolute Gasteiger partial charge is 1.00 e. The van der Waals surface area contributed by atoms with Gasteiger partial charge in [0.2, 0.25) is 0 Å². The van der Waals surface area contributed by atoms with Gasteiger partial charge in [0.05, 0.1) is 0 Å². The van der Waals surface area contributed by atoms with E-state index in [0.29, 0.717) is 0 Å². The highest BCUT2D eigenvalue weighted by atomic mass is 35.5. The molecule has 0 unspecified atom stereocenters. The van der Waals surface area contributed by atoms with Crippen molar-refractivity contribution in [2.75, 3.05) is 0 Å². The summed E-state index contributed by atoms with van der Waals surface area (Å²) < 4.78 is -0.889. The topological polar surface area (TPSA) is 17.1 Å². The first kappa shape index (κ1) is 4.25. The minimum atomic E-state index is -0.889. The van der Waals surface area contributed by atoms with Crippen molar-refractivity contribution in [2.24, 2.45) is 0 Å². The fraction of sp³-hybridized carbons (Fsp3) is 0. The summed E-state index contributed by atoms with van der Waals surface area (Å²) in [6.45, 7) is 0. The number of halogens is 2. The fourth-order valence-electron chi connectivity index (χ4n) is 0. The summed E-state index contributed by atoms with van der Waals surface area (Å²) in [5.41, 5.74) is 0. The Hall–Kier alpha value is 0.250. The van der Waals surface area contributed by atoms with Gasteiger partial charge in [0.25, 0.3) is 0 Å². The van der Waals surface area contributed by atoms with Crippen molar-refractivity contribution in [3.8, 4) is 0 Å². The SMILES string of the molecule is O=C(Cl)Cl.[H+].[H+]. The minimum absolute atomic E-state index is 0. The van der Waals surface area contributed by atoms with Gasteiger partial charge in [-0.05, 0) is 23.2 Å². The van der Waals surface area contributed by atoms with Crippen LogP contribution in [0.1, 0.15) is 2.85 Å². The number of hydrogen-bond donors (Lipinski definition) is 0. The maximum atomic E-state index is 8.98. The third-order valence-electron chi connectivity index (χ3n) is 0. The molecule has 0 aromatic heterocycles. The average molecular weight is 101 g/mol. The highest BCUT2D eigenvalue weighted by molar-refractivity contribution is 6.93. The Bertz CT molecular complexity index is 34.5. The smallest absolute Gasteiger partial charge is 0.262 e. The van der Waals surface area contributed by atoms with Crippen LogP contribution in [0.25, 0.3) is 0 Å². The van der Waals surface area contributed by atoms with E-state index in [1.54, 1.807) is 0 Å². The van der Waals surface area contributed by atoms with Crippen molar-refractivity contribution >= 4 is 27.9 Å². The molecular weight excluding hydrogens is 98.9 g/mol. The molecule has 0 amide bonds. The van der Waals surface area contributed by atoms with E-state index < -0.39 is 4.70 Å². The summed E-state index contributed by atoms with van der Waals surface area (Å²) in [4.78, 5) is 8.98. The van der Waals surface area contributed by atoms with Gasteiger partial charge in [-0.1, -0.05) is 0 Å². The normalized spacial score (nSPS) is 6.50. The molecule has 0 bridgehead atoms. The minimum Gasteiger partial charge on any atom is -0.262 e. The monoisotopic (exact) mass is 99.9 g/mol. The van der Waals surface area contributed by atoms with E-state index in [9.17, 15) is 0 Å². The molecule has 0 atom stereocenters. The number of carbonyl (C=O) groups is 1. The van der Waals surface area contributed by atoms with Gasteiger partial charge in [0, 0.05) is 0 Å². The lowest BCUT2D eigenvalue weighted by atomic mass is 11.8. The lowest BCUT2D eigenvalue weighted by Gasteiger charge is -1.48. The van der Waals surface area contributed by atoms with E-state index in [0.717, 1.165) is 0 Å². The Labute approximate surface area is 36.5 Å². The predicted octanol–water partition coefficient (Wildman–Crippen LogP) is 1.81. The fourth-order valence-corrected chi connectivity index (χ4v) is 0. The first-order valence-electron chi connectivity index (χ1n) is 0.582. The average Bonchev–Trinajstić information content (AvgIpc) is 0.811. The molecule has 0 aromatic carbocycles. The molecule has 0 aliphatic carbocycles. The second kappa shape index (κ2) is 1.56. The van der Waals surface area contributed by atoms with E-state index in [1.165, 1.54) is 0 Å². The molecule has 24 valence electrons. The molecule has 4 heavy (non-hydrogen) atoms. The Kier molecular flexibility index (Phi) is 1.66. The van der Waals surface area contributed by atoms with Crippen molar-refractivity contribution in [3.63, 3.8) is 0 Å². The summed E-state index contributed by atoms with van der Waals surface area (Å²) in [5, 5.41) is 0. The van der Waals surface area contributed by atoms with Gasteiger partial charge < -0.3 is 0 Å². The van der Waals surface area contributed by atoms with Crippen molar-refractivity contribution < 1.29 is 7.65 Å². The predicted molar refractivity (Wildman–Crippen MR) is 19.3 cm³/mol. The molecule has 0 spiro atoms. The maximum absolute atomic E-state index is 8.98. The highest BCUT2D eigenvalue weighted by Gasteiger charge is 1.72. The Morgan fingerprint density at radius 2 is 1.75 bits per heavy atom. The molecular formula is CH2Cl2O+2. The second-order valence-corrected chi connectivity index (χ2v) is 1.11. The van der Waals surface area contributed by atoms with Crippen molar-refractivity contribution in [3.05, 3.63) is 0 Å². The van der Waals surface area contributed by atoms with Crippen LogP contribution in [-0.2, 0) is 0 Å². The molecule has 0 N–H and O–H groups in total. The summed E-state index contributed by atoms with van der Waals surface area (Å²) in [7, 11) is 0. The zero-order valence-electron chi connectivity index (χ0n) is 3.66. The molecule has 0 rings (SSSR count). The molecule has 3 heteroatoms. The molecule has 0 aliphatic heterocycles. The summed E-state index contributed by atoms with van der Waals surface area (Å²) in [5.74, 6) is 0. The van der Waals surface area contributed by atoms with Gasteiger partial charge in [0.15, 0.2) is 0 Å². The Balaban J connectivity index is -0.0000000450. The molecule has 0 saturated heterocycles. The molecule has 0 saturated carbocycles. The zero-order valence-corrected chi connectivity index (χ0v) is 3.18. The van der Waals surface area contributed by atoms with E-state index in [4.69, 9.17) is 4.79 Å². The first-order valence-corrected chi connectivity index (χ1v) is 1.34. The Morgan fingerprint density at radius 1 is 1.75 bits per heavy atom. The maximum Gasteiger partial charge on any atom is 1.00 e. The van der Waals surface area contributed by atoms with Gasteiger partial charge in [-0.2, -0.15) is 0 Å². The van der Waals surface area contributed by atoms with Gasteiger partial charge in [0.1, 0.15) is 0 Å². The van der Waals surface area contributed by atoms with Crippen LogP contribution in [0.2, 0.25) is 0 Å². The van der Waals surface area contributed by atoms with E-state index in [1.807, 2.05) is 0 Å². The van der Waals surface area contributed by atoms with Crippen LogP contribution in [0.5, 0.6) is 0 Å². The lowest BCUT2D eigenvalue weighted by molar-refractivity contribution is 0.275. The van der Waals surface area contributed by atoms with Crippen LogP contribution in [0.3, 0.4) is 0 Å². The van der Waals surface area contributed by atoms with Crippen molar-refractivity contribution in [1.29, 1.82) is 0 Å². The van der Waals surface area contributed by atoms with Crippen LogP contribution in [0.15, 0.2) is 0 Å². The molecule has 0 fully saturated rings. The van der Waals surface area contributed by atoms with Crippen molar-refractivity contribution in [1.82, 2.24) is 0 Å². The van der Waals surface area contributed by atoms with Crippen LogP contribution in [0, 0.1) is 0 Å². The molecule has 0 aliphatic rings. The van der Waals surface area contributed by atoms with Crippen molar-refractivity contribution in [2.45, 2.75) is 0 Å². The molecule has 1 nitrogen and oxygen atoms in total. The number of hydrogen-bond acceptors (Lipinski definition) is 1. The van der Waals surface area contributed by atoms with Crippen LogP contribution >= 0.6 is 23.2 Å². The lowest BCUT2D eigenvalue weighted by Crippen LogP contribution is -1.46. The quantitative estimate of drug-likeness (QED) is 0.425. The Morgan fingerprint density at radius 3 is 1.75 bits per heavy atom. The van der Waals surface area contributed by atoms with Crippen LogP contribution < -0.4 is 0 Å². The van der Waals surface area contributed by atoms with Crippen LogP contribution in [-0.4, -0.2) is 4.70 Å². The van der Waals surface area contributed by atoms with E-state index in [-0.39, 0.29) is 2.85 Å². The highest BCUT2D eigenvalue weighted by Crippen LogP contribution is 1.84. The van der Waals surface area contributed by atoms with E-state index >= 15 is 0 Å². The summed E-state index contributed by atoms with van der Waals surface area (Å²) >= 11 is 8.80.